The Hall–Kier alpha value is -8.72. The third kappa shape index (κ3) is 30.3. The van der Waals surface area contributed by atoms with Crippen LogP contribution in [0.2, 0.25) is 0 Å². The van der Waals surface area contributed by atoms with Gasteiger partial charge in [-0.3, -0.25) is 76.9 Å². The topological polar surface area (TPSA) is 352 Å². The van der Waals surface area contributed by atoms with Crippen molar-refractivity contribution in [2.45, 2.75) is 173 Å². The van der Waals surface area contributed by atoms with Crippen molar-refractivity contribution in [3.8, 4) is 36.0 Å². The predicted octanol–water partition coefficient (Wildman–Crippen LogP) is 9.59. The van der Waals surface area contributed by atoms with E-state index in [1.54, 1.807) is 48.6 Å². The number of piperidine rings is 6. The molecule has 30 nitrogen and oxygen atoms in total. The summed E-state index contributed by atoms with van der Waals surface area (Å²) in [7, 11) is 14.2. The van der Waals surface area contributed by atoms with Crippen LogP contribution in [0.15, 0.2) is 73.5 Å². The summed E-state index contributed by atoms with van der Waals surface area (Å²) >= 11 is 5.21. The highest BCUT2D eigenvalue weighted by atomic mass is 127. The number of carbonyl (C=O) groups excluding carboxylic acids is 9. The van der Waals surface area contributed by atoms with Crippen LogP contribution in [0.4, 0.5) is 22.8 Å². The van der Waals surface area contributed by atoms with Gasteiger partial charge in [0.05, 0.1) is 33.1 Å². The molecule has 3 aromatic carbocycles. The van der Waals surface area contributed by atoms with Gasteiger partial charge < -0.3 is 45.4 Å². The molecule has 664 valence electrons. The zero-order chi connectivity index (χ0) is 87.8. The number of likely N-dealkylation sites (tertiary alicyclic amines) is 3. The molecule has 6 fully saturated rings. The minimum Gasteiger partial charge on any atom is -0.444 e. The Morgan fingerprint density at radius 3 is 1.14 bits per heavy atom. The quantitative estimate of drug-likeness (QED) is 0.0183. The van der Waals surface area contributed by atoms with E-state index < -0.39 is 59.5 Å². The Morgan fingerprint density at radius 1 is 0.537 bits per heavy atom. The first kappa shape index (κ1) is 103. The summed E-state index contributed by atoms with van der Waals surface area (Å²) in [5, 5.41) is 10.2. The maximum Gasteiger partial charge on any atom is 0.446 e. The average Bonchev–Trinajstić information content (AvgIpc) is 1.62. The molecular formula is C84H117BrF3IN16O14S2. The van der Waals surface area contributed by atoms with Crippen molar-refractivity contribution >= 4 is 147 Å². The fraction of sp³-hybridized carbons (Fsp3) is 0.571. The van der Waals surface area contributed by atoms with Crippen LogP contribution in [0.3, 0.4) is 0 Å². The molecule has 7 N–H and O–H groups in total. The Bertz CT molecular complexity index is 4970. The molecule has 0 aliphatic carbocycles. The second-order valence-electron chi connectivity index (χ2n) is 32.4. The van der Waals surface area contributed by atoms with Crippen LogP contribution < -0.4 is 44.5 Å². The van der Waals surface area contributed by atoms with Gasteiger partial charge in [-0.2, -0.15) is 26.7 Å². The van der Waals surface area contributed by atoms with E-state index in [2.05, 4.69) is 91.3 Å². The number of aromatic nitrogens is 6. The van der Waals surface area contributed by atoms with Crippen LogP contribution in [0.5, 0.6) is 0 Å². The summed E-state index contributed by atoms with van der Waals surface area (Å²) < 4.78 is 51.9. The molecule has 3 unspecified atom stereocenters. The molecule has 37 heteroatoms. The fourth-order valence-electron chi connectivity index (χ4n) is 15.0. The number of nitrogens with one attached hydrogen (secondary N) is 4. The van der Waals surface area contributed by atoms with Gasteiger partial charge in [0.15, 0.2) is 0 Å². The number of thiol groups is 1. The molecule has 8 amide bonds. The van der Waals surface area contributed by atoms with Crippen molar-refractivity contribution in [1.82, 2.24) is 79.3 Å². The van der Waals surface area contributed by atoms with Gasteiger partial charge in [-0.05, 0) is 246 Å². The number of amides is 8. The summed E-state index contributed by atoms with van der Waals surface area (Å²) in [6.07, 6.45) is 9.92. The first-order valence-corrected chi connectivity index (χ1v) is 43.9. The molecule has 0 spiro atoms. The zero-order valence-corrected chi connectivity index (χ0v) is 76.7. The van der Waals surface area contributed by atoms with E-state index in [0.29, 0.717) is 59.7 Å². The maximum absolute atomic E-state index is 12.9. The number of hydrogen-bond donors (Lipinski definition) is 6. The second-order valence-corrected chi connectivity index (χ2v) is 33.3. The molecule has 3 aromatic heterocycles. The van der Waals surface area contributed by atoms with E-state index in [9.17, 15) is 65.9 Å². The molecule has 0 saturated carbocycles. The summed E-state index contributed by atoms with van der Waals surface area (Å²) in [5.74, 6) is 15.3. The number of alkyl halides is 3. The van der Waals surface area contributed by atoms with E-state index in [4.69, 9.17) is 20.7 Å². The van der Waals surface area contributed by atoms with Gasteiger partial charge in [0.2, 0.25) is 41.7 Å². The summed E-state index contributed by atoms with van der Waals surface area (Å²) in [6.45, 7) is 23.1. The molecule has 0 radical (unpaired) electrons. The molecule has 121 heavy (non-hydrogen) atoms. The molecule has 6 aliphatic heterocycles. The monoisotopic (exact) mass is 1900 g/mol. The highest BCUT2D eigenvalue weighted by molar-refractivity contribution is 14.2. The number of rotatable bonds is 15. The van der Waals surface area contributed by atoms with Crippen LogP contribution in [-0.2, 0) is 64.2 Å². The van der Waals surface area contributed by atoms with Gasteiger partial charge in [0, 0.05) is 122 Å². The van der Waals surface area contributed by atoms with Crippen molar-refractivity contribution in [2.24, 2.45) is 38.9 Å². The second kappa shape index (κ2) is 47.8. The number of halogens is 5. The summed E-state index contributed by atoms with van der Waals surface area (Å²) in [6, 6.07) is 14.6. The largest absolute Gasteiger partial charge is 0.446 e. The Morgan fingerprint density at radius 2 is 0.843 bits per heavy atom. The van der Waals surface area contributed by atoms with E-state index in [-0.39, 0.29) is 85.9 Å². The lowest BCUT2D eigenvalue weighted by atomic mass is 9.96. The fourth-order valence-corrected chi connectivity index (χ4v) is 15.3. The lowest BCUT2D eigenvalue weighted by Gasteiger charge is -2.34. The van der Waals surface area contributed by atoms with Crippen molar-refractivity contribution in [3.63, 3.8) is 0 Å². The number of terminal acetylenes is 1. The van der Waals surface area contributed by atoms with Crippen LogP contribution >= 0.6 is 60.4 Å². The van der Waals surface area contributed by atoms with Crippen LogP contribution in [0.25, 0.3) is 33.1 Å². The van der Waals surface area contributed by atoms with E-state index in [0.717, 1.165) is 149 Å². The predicted molar refractivity (Wildman–Crippen MR) is 480 cm³/mol. The third-order valence-electron chi connectivity index (χ3n) is 21.2. The number of carbonyl (C=O) groups is 9. The van der Waals surface area contributed by atoms with Crippen molar-refractivity contribution in [1.29, 1.82) is 0 Å². The molecule has 3 atom stereocenters. The first-order chi connectivity index (χ1) is 56.3. The van der Waals surface area contributed by atoms with E-state index >= 15 is 0 Å². The number of imidazole rings is 3. The van der Waals surface area contributed by atoms with Crippen LogP contribution in [0, 0.1) is 53.8 Å². The van der Waals surface area contributed by atoms with Gasteiger partial charge in [0.1, 0.15) is 29.3 Å². The van der Waals surface area contributed by atoms with E-state index in [1.807, 2.05) is 125 Å². The zero-order valence-electron chi connectivity index (χ0n) is 71.1. The lowest BCUT2D eigenvalue weighted by Crippen LogP contribution is -2.44. The molecular weight excluding hydrogens is 1780 g/mol. The van der Waals surface area contributed by atoms with E-state index in [1.165, 1.54) is 35.7 Å². The van der Waals surface area contributed by atoms with Crippen molar-refractivity contribution < 1.29 is 65.8 Å². The maximum atomic E-state index is 12.9. The van der Waals surface area contributed by atoms with Crippen LogP contribution in [0.1, 0.15) is 167 Å². The Kier molecular flexibility index (Phi) is 40.6. The lowest BCUT2D eigenvalue weighted by molar-refractivity contribution is -0.156. The van der Waals surface area contributed by atoms with Gasteiger partial charge in [-0.1, -0.05) is 39.6 Å². The molecule has 0 bridgehead atoms. The first-order valence-electron chi connectivity index (χ1n) is 39.9. The third-order valence-corrected chi connectivity index (χ3v) is 21.7. The molecule has 6 aromatic rings. The smallest absolute Gasteiger partial charge is 0.444 e. The standard InChI is InChI=1S/C29H39N5O5.C24H31N5O3.C16H28N2O2.C13H12BrN3O3.C2HF3O.HIS.H3N.H2S/c1-29(2,3)39-28(38)31(4)19-21-13-16-33(17-14-21)15-7-6-8-20-9-10-22-24(18-20)32(5)27(37)34(22)23-11-12-25(35)30-26(23)36;1-25-16-18-10-13-28(14-11-18)12-4-3-5-17-6-7-19-21(15-17)27(2)24(32)29(19)20-8-9-22(30)26-23(20)31;1-6-7-10-18-11-8-14(9-12-18)13-17(5)15(19)20-16(2,3)4;1-16-10-6-7(14)2-3-8(10)17(13(16)20)9-4-5-11(18)15-12(9)19;3-2(4,5)1-6;1-2;;/h9-10,18,21,23H,7,11-17,19H2,1-5H3,(H,30,35,36);6-7,15,18,20,25H,4,8-14,16H2,1-2H3,(H,26,30,31);1,14H,7-13H2,2-5H3;2-3,6,9H,4-5H2,1H3,(H,15,18,19);1H;2H;1H3;1H2. The molecule has 12 rings (SSSR count). The number of hydrogen-bond acceptors (Lipinski definition) is 20. The van der Waals surface area contributed by atoms with Gasteiger partial charge in [-0.15, -0.1) is 22.1 Å². The van der Waals surface area contributed by atoms with Gasteiger partial charge in [-0.25, -0.2) is 24.0 Å². The highest BCUT2D eigenvalue weighted by Gasteiger charge is 2.36. The SMILES string of the molecule is C#CCCN1CCC(CN(C)C(=O)OC(C)(C)C)CC1.CN(CC1CCN(CCC#Cc2ccc3c(c2)n(C)c(=O)n3C2CCC(=O)NC2=O)CC1)C(=O)OC(C)(C)C.CNCC1CCN(CCC#Cc2ccc3c(c2)n(C)c(=O)n3C2CCC(=O)NC2=O)CC1.Cn1c(=O)n(C2CCC(=O)NC2=O)c2ccc(Br)cc21.N.O=CC(F)(F)F.S.SI. The van der Waals surface area contributed by atoms with Crippen molar-refractivity contribution in [2.75, 3.05) is 99.7 Å². The molecule has 6 aliphatic rings. The number of aryl methyl sites for hydroxylation is 3. The van der Waals surface area contributed by atoms with Gasteiger partial charge >= 0.3 is 35.4 Å². The number of ether oxygens (including phenoxy) is 2. The van der Waals surface area contributed by atoms with Crippen molar-refractivity contribution in [3.05, 3.63) is 102 Å². The normalized spacial score (nSPS) is 18.2. The number of benzene rings is 3. The van der Waals surface area contributed by atoms with Crippen LogP contribution in [-0.4, -0.2) is 223 Å². The molecule has 6 saturated heterocycles. The summed E-state index contributed by atoms with van der Waals surface area (Å²) in [4.78, 5) is 153. The Balaban J connectivity index is 0.000000286. The highest BCUT2D eigenvalue weighted by Crippen LogP contribution is 2.30. The minimum absolute atomic E-state index is 0. The number of aldehydes is 1. The number of nitrogens with zero attached hydrogens (tertiary/aromatic N) is 11. The minimum atomic E-state index is -4.64. The number of fused-ring (bicyclic) bond motifs is 3. The number of imide groups is 3. The van der Waals surface area contributed by atoms with Gasteiger partial charge in [0.25, 0.3) is 0 Å². The average molecular weight is 1900 g/mol. The summed E-state index contributed by atoms with van der Waals surface area (Å²) in [5.41, 5.74) is 4.15. The molecule has 9 heterocycles. The Labute approximate surface area is 737 Å².